The van der Waals surface area contributed by atoms with E-state index >= 15 is 0 Å². The highest BCUT2D eigenvalue weighted by molar-refractivity contribution is 5.93. The van der Waals surface area contributed by atoms with E-state index in [1.54, 1.807) is 42.5 Å². The van der Waals surface area contributed by atoms with Crippen molar-refractivity contribution in [3.63, 3.8) is 0 Å². The van der Waals surface area contributed by atoms with Crippen LogP contribution in [0.2, 0.25) is 0 Å². The molecule has 4 rings (SSSR count). The van der Waals surface area contributed by atoms with Crippen molar-refractivity contribution in [1.29, 1.82) is 0 Å². The third-order valence-electron chi connectivity index (χ3n) is 6.23. The maximum atomic E-state index is 14.7. The van der Waals surface area contributed by atoms with Gasteiger partial charge in [-0.1, -0.05) is 50.2 Å². The number of halogens is 4. The zero-order chi connectivity index (χ0) is 26.7. The van der Waals surface area contributed by atoms with Gasteiger partial charge in [0.15, 0.2) is 0 Å². The van der Waals surface area contributed by atoms with Crippen LogP contribution in [-0.4, -0.2) is 64.3 Å². The lowest BCUT2D eigenvalue weighted by atomic mass is 9.99. The molecule has 3 N–H and O–H groups in total. The normalized spacial score (nSPS) is 20.3. The summed E-state index contributed by atoms with van der Waals surface area (Å²) in [6, 6.07) is 9.88. The number of nitrogens with one attached hydrogen (secondary N) is 3. The molecular weight excluding hydrogens is 494 g/mol. The molecule has 37 heavy (non-hydrogen) atoms. The number of benzene rings is 1. The number of likely N-dealkylation sites (tertiary alicyclic amines) is 1. The zero-order valence-electron chi connectivity index (χ0n) is 20.2. The number of hydrogen-bond acceptors (Lipinski definition) is 7. The highest BCUT2D eigenvalue weighted by Crippen LogP contribution is 2.27. The summed E-state index contributed by atoms with van der Waals surface area (Å²) in [6.07, 6.45) is -4.71. The van der Waals surface area contributed by atoms with E-state index in [1.165, 1.54) is 0 Å². The van der Waals surface area contributed by atoms with E-state index in [0.717, 1.165) is 9.91 Å². The van der Waals surface area contributed by atoms with E-state index in [0.29, 0.717) is 11.1 Å². The molecule has 0 saturated carbocycles. The molecule has 2 aromatic rings. The van der Waals surface area contributed by atoms with Crippen molar-refractivity contribution in [2.45, 2.75) is 50.9 Å². The largest absolute Gasteiger partial charge is 0.342 e. The van der Waals surface area contributed by atoms with E-state index < -0.39 is 54.8 Å². The summed E-state index contributed by atoms with van der Waals surface area (Å²) in [7, 11) is 0. The van der Waals surface area contributed by atoms with Crippen LogP contribution in [0, 0.1) is 5.95 Å². The van der Waals surface area contributed by atoms with Crippen molar-refractivity contribution in [1.82, 2.24) is 31.3 Å². The maximum Gasteiger partial charge on any atom is 0.298 e. The second-order valence-electron chi connectivity index (χ2n) is 9.10. The fourth-order valence-corrected chi connectivity index (χ4v) is 4.34. The number of amides is 2. The van der Waals surface area contributed by atoms with Crippen molar-refractivity contribution < 1.29 is 27.2 Å². The lowest BCUT2D eigenvalue weighted by molar-refractivity contribution is -0.139. The molecule has 0 bridgehead atoms. The number of rotatable bonds is 8. The van der Waals surface area contributed by atoms with Crippen LogP contribution in [0.25, 0.3) is 0 Å². The van der Waals surface area contributed by atoms with Crippen molar-refractivity contribution in [3.8, 4) is 0 Å². The Labute approximate surface area is 210 Å². The number of amidine groups is 1. The second kappa shape index (κ2) is 11.1. The van der Waals surface area contributed by atoms with Crippen LogP contribution in [0.15, 0.2) is 47.6 Å². The molecule has 3 heterocycles. The third kappa shape index (κ3) is 5.82. The molecule has 2 aliphatic rings. The van der Waals surface area contributed by atoms with E-state index in [4.69, 9.17) is 0 Å². The maximum absolute atomic E-state index is 14.7. The van der Waals surface area contributed by atoms with Gasteiger partial charge in [-0.25, -0.2) is 23.7 Å². The summed E-state index contributed by atoms with van der Waals surface area (Å²) in [4.78, 5) is 31.3. The molecule has 3 atom stereocenters. The van der Waals surface area contributed by atoms with Crippen LogP contribution < -0.4 is 16.4 Å². The van der Waals surface area contributed by atoms with Gasteiger partial charge in [-0.3, -0.25) is 14.6 Å². The SMILES string of the molecule is CC(C)c1ccc([C@@H](NC(=O)[C@@H]2C[C@@H](F)CN2C(=O)CN2NNN=C2C(F)F)c2ccccc2)nc1F. The second-order valence-corrected chi connectivity index (χ2v) is 9.10. The van der Waals surface area contributed by atoms with Crippen molar-refractivity contribution in [2.75, 3.05) is 13.1 Å². The number of hydrazone groups is 1. The Kier molecular flexibility index (Phi) is 7.91. The first-order valence-corrected chi connectivity index (χ1v) is 11.7. The number of alkyl halides is 3. The molecule has 2 amide bonds. The number of pyridine rings is 1. The molecule has 0 spiro atoms. The molecule has 1 aromatic carbocycles. The van der Waals surface area contributed by atoms with Crippen LogP contribution in [0.1, 0.15) is 49.0 Å². The molecule has 0 radical (unpaired) electrons. The van der Waals surface area contributed by atoms with Gasteiger partial charge in [-0.05, 0) is 17.5 Å². The fraction of sp³-hybridized carbons (Fsp3) is 0.417. The molecule has 2 aliphatic heterocycles. The first-order valence-electron chi connectivity index (χ1n) is 11.7. The van der Waals surface area contributed by atoms with Gasteiger partial charge >= 0.3 is 0 Å². The third-order valence-corrected chi connectivity index (χ3v) is 6.23. The molecule has 198 valence electrons. The molecular formula is C24H27F4N7O2. The minimum absolute atomic E-state index is 0.0956. The standard InChI is InChI=1S/C24H27F4N7O2/c1-13(2)16-8-9-17(29-22(16)28)20(14-6-4-3-5-7-14)30-24(37)18-10-15(25)11-34(18)19(36)12-35-23(21(26)27)31-32-33-35/h3-9,13,15,18,20-21,32-33H,10-12H2,1-2H3,(H,30,37)/t15-,18+,20+/m1/s1. The van der Waals surface area contributed by atoms with E-state index in [2.05, 4.69) is 26.5 Å². The van der Waals surface area contributed by atoms with Crippen molar-refractivity contribution in [2.24, 2.45) is 5.10 Å². The summed E-state index contributed by atoms with van der Waals surface area (Å²) in [5.74, 6) is -2.87. The average Bonchev–Trinajstić information content (AvgIpc) is 3.49. The Morgan fingerprint density at radius 3 is 2.54 bits per heavy atom. The monoisotopic (exact) mass is 521 g/mol. The molecule has 0 unspecified atom stereocenters. The lowest BCUT2D eigenvalue weighted by Crippen LogP contribution is -2.53. The summed E-state index contributed by atoms with van der Waals surface area (Å²) in [5.41, 5.74) is 5.71. The quantitative estimate of drug-likeness (QED) is 0.364. The predicted octanol–water partition coefficient (Wildman–Crippen LogP) is 2.39. The summed E-state index contributed by atoms with van der Waals surface area (Å²) in [6.45, 7) is 2.70. The molecule has 1 fully saturated rings. The average molecular weight is 522 g/mol. The smallest absolute Gasteiger partial charge is 0.298 e. The van der Waals surface area contributed by atoms with Crippen LogP contribution in [0.4, 0.5) is 17.6 Å². The molecule has 13 heteroatoms. The van der Waals surface area contributed by atoms with Gasteiger partial charge in [0.2, 0.25) is 23.6 Å². The number of nitrogens with zero attached hydrogens (tertiary/aromatic N) is 4. The van der Waals surface area contributed by atoms with Crippen molar-refractivity contribution >= 4 is 17.6 Å². The first-order chi connectivity index (χ1) is 17.7. The van der Waals surface area contributed by atoms with Gasteiger partial charge < -0.3 is 10.2 Å². The Morgan fingerprint density at radius 1 is 1.16 bits per heavy atom. The van der Waals surface area contributed by atoms with Gasteiger partial charge in [-0.2, -0.15) is 4.39 Å². The number of carbonyl (C=O) groups excluding carboxylic acids is 2. The van der Waals surface area contributed by atoms with Crippen LogP contribution in [0.3, 0.4) is 0 Å². The Hall–Kier alpha value is -3.74. The highest BCUT2D eigenvalue weighted by Gasteiger charge is 2.42. The zero-order valence-corrected chi connectivity index (χ0v) is 20.2. The first kappa shape index (κ1) is 26.3. The Balaban J connectivity index is 1.55. The number of hydrogen-bond donors (Lipinski definition) is 3. The molecule has 9 nitrogen and oxygen atoms in total. The predicted molar refractivity (Wildman–Crippen MR) is 126 cm³/mol. The number of aromatic nitrogens is 1. The summed E-state index contributed by atoms with van der Waals surface area (Å²) < 4.78 is 55.3. The van der Waals surface area contributed by atoms with E-state index in [1.807, 2.05) is 13.8 Å². The van der Waals surface area contributed by atoms with Gasteiger partial charge in [-0.15, -0.1) is 10.6 Å². The number of hydrazine groups is 2. The number of carbonyl (C=O) groups is 2. The highest BCUT2D eigenvalue weighted by atomic mass is 19.3. The summed E-state index contributed by atoms with van der Waals surface area (Å²) in [5, 5.41) is 6.94. The Morgan fingerprint density at radius 2 is 1.89 bits per heavy atom. The molecule has 1 saturated heterocycles. The van der Waals surface area contributed by atoms with E-state index in [9.17, 15) is 27.2 Å². The minimum Gasteiger partial charge on any atom is -0.342 e. The summed E-state index contributed by atoms with van der Waals surface area (Å²) >= 11 is 0. The molecule has 0 aliphatic carbocycles. The van der Waals surface area contributed by atoms with Crippen molar-refractivity contribution in [3.05, 3.63) is 65.2 Å². The topological polar surface area (TPSA) is 102 Å². The minimum atomic E-state index is -2.96. The van der Waals surface area contributed by atoms with Crippen LogP contribution >= 0.6 is 0 Å². The van der Waals surface area contributed by atoms with Crippen LogP contribution in [-0.2, 0) is 9.59 Å². The lowest BCUT2D eigenvalue weighted by Gasteiger charge is -2.28. The molecule has 1 aromatic heterocycles. The van der Waals surface area contributed by atoms with Gasteiger partial charge in [0.25, 0.3) is 6.43 Å². The van der Waals surface area contributed by atoms with Gasteiger partial charge in [0, 0.05) is 12.0 Å². The van der Waals surface area contributed by atoms with Crippen LogP contribution in [0.5, 0.6) is 0 Å². The Bertz CT molecular complexity index is 1170. The fourth-order valence-electron chi connectivity index (χ4n) is 4.34. The van der Waals surface area contributed by atoms with Gasteiger partial charge in [0.05, 0.1) is 18.3 Å². The van der Waals surface area contributed by atoms with Gasteiger partial charge in [0.1, 0.15) is 18.8 Å². The van der Waals surface area contributed by atoms with E-state index in [-0.39, 0.29) is 24.6 Å².